The van der Waals surface area contributed by atoms with Gasteiger partial charge in [-0.1, -0.05) is 48.5 Å². The zero-order chi connectivity index (χ0) is 15.1. The van der Waals surface area contributed by atoms with Crippen LogP contribution in [0.25, 0.3) is 11.3 Å². The smallest absolute Gasteiger partial charge is 0.196 e. The largest absolute Gasteiger partial charge is 0.366 e. The highest BCUT2D eigenvalue weighted by molar-refractivity contribution is 6.40. The van der Waals surface area contributed by atoms with Crippen LogP contribution in [0, 0.1) is 0 Å². The zero-order valence-electron chi connectivity index (χ0n) is 12.4. The van der Waals surface area contributed by atoms with Crippen LogP contribution in [0.15, 0.2) is 48.5 Å². The molecule has 1 aliphatic heterocycles. The molecule has 2 N–H and O–H groups in total. The summed E-state index contributed by atoms with van der Waals surface area (Å²) < 4.78 is 0. The summed E-state index contributed by atoms with van der Waals surface area (Å²) in [5.41, 5.74) is 11.8. The molecule has 0 amide bonds. The Balaban J connectivity index is 1.92. The first kappa shape index (κ1) is 13.3. The summed E-state index contributed by atoms with van der Waals surface area (Å²) >= 11 is 0. The number of benzene rings is 2. The van der Waals surface area contributed by atoms with Crippen LogP contribution in [-0.2, 0) is 6.54 Å². The summed E-state index contributed by atoms with van der Waals surface area (Å²) in [6, 6.07) is 16.2. The number of fused-ring (bicyclic) bond motifs is 4. The van der Waals surface area contributed by atoms with E-state index in [1.54, 1.807) is 0 Å². The van der Waals surface area contributed by atoms with Crippen molar-refractivity contribution in [2.75, 3.05) is 13.1 Å². The monoisotopic (exact) mass is 290 g/mol. The Morgan fingerprint density at radius 2 is 1.64 bits per heavy atom. The number of hydrogen-bond acceptors (Lipinski definition) is 3. The molecule has 0 aromatic heterocycles. The summed E-state index contributed by atoms with van der Waals surface area (Å²) in [6.45, 7) is 2.39. The lowest BCUT2D eigenvalue weighted by molar-refractivity contribution is 0.105. The highest BCUT2D eigenvalue weighted by Gasteiger charge is 2.36. The highest BCUT2D eigenvalue weighted by atomic mass is 16.1. The lowest BCUT2D eigenvalue weighted by Crippen LogP contribution is -2.28. The normalized spacial score (nSPS) is 15.7. The van der Waals surface area contributed by atoms with Crippen molar-refractivity contribution >= 4 is 17.1 Å². The molecule has 3 heteroatoms. The average Bonchev–Trinajstić information content (AvgIpc) is 2.87. The predicted octanol–water partition coefficient (Wildman–Crippen LogP) is 2.92. The number of nitrogens with zero attached hydrogens (tertiary/aromatic N) is 1. The van der Waals surface area contributed by atoms with E-state index < -0.39 is 0 Å². The Labute approximate surface area is 130 Å². The Morgan fingerprint density at radius 3 is 2.41 bits per heavy atom. The van der Waals surface area contributed by atoms with Gasteiger partial charge in [-0.25, -0.2) is 0 Å². The third-order valence-corrected chi connectivity index (χ3v) is 4.49. The molecule has 2 aliphatic rings. The fourth-order valence-electron chi connectivity index (χ4n) is 3.50. The molecular weight excluding hydrogens is 272 g/mol. The van der Waals surface area contributed by atoms with Crippen molar-refractivity contribution in [3.8, 4) is 0 Å². The first-order chi connectivity index (χ1) is 10.8. The second-order valence-electron chi connectivity index (χ2n) is 5.82. The standard InChI is InChI=1S/C19H18N2O/c20-10-5-11-21-12-13-6-1-2-7-14(13)17-18(21)15-8-3-4-9-16(15)19(17)22/h1-4,6-9H,5,10-12,20H2. The highest BCUT2D eigenvalue weighted by Crippen LogP contribution is 2.44. The second kappa shape index (κ2) is 5.11. The molecular formula is C19H18N2O. The zero-order valence-corrected chi connectivity index (χ0v) is 12.4. The van der Waals surface area contributed by atoms with Gasteiger partial charge in [0.15, 0.2) is 5.78 Å². The van der Waals surface area contributed by atoms with E-state index in [1.165, 1.54) is 5.56 Å². The summed E-state index contributed by atoms with van der Waals surface area (Å²) in [4.78, 5) is 15.2. The van der Waals surface area contributed by atoms with Crippen LogP contribution < -0.4 is 5.73 Å². The van der Waals surface area contributed by atoms with Crippen molar-refractivity contribution in [2.45, 2.75) is 13.0 Å². The van der Waals surface area contributed by atoms with Gasteiger partial charge in [0.05, 0.1) is 11.3 Å². The molecule has 0 saturated heterocycles. The van der Waals surface area contributed by atoms with Crippen molar-refractivity contribution in [1.82, 2.24) is 4.90 Å². The van der Waals surface area contributed by atoms with Crippen molar-refractivity contribution < 1.29 is 4.79 Å². The van der Waals surface area contributed by atoms with Gasteiger partial charge in [0.25, 0.3) is 0 Å². The number of ketones is 1. The number of hydrogen-bond donors (Lipinski definition) is 1. The number of rotatable bonds is 3. The van der Waals surface area contributed by atoms with E-state index in [0.29, 0.717) is 6.54 Å². The van der Waals surface area contributed by atoms with E-state index in [0.717, 1.165) is 47.5 Å². The molecule has 0 unspecified atom stereocenters. The van der Waals surface area contributed by atoms with Gasteiger partial charge in [-0.05, 0) is 24.1 Å². The Kier molecular flexibility index (Phi) is 3.09. The third-order valence-electron chi connectivity index (χ3n) is 4.49. The predicted molar refractivity (Wildman–Crippen MR) is 88.1 cm³/mol. The summed E-state index contributed by atoms with van der Waals surface area (Å²) in [6.07, 6.45) is 0.926. The van der Waals surface area contributed by atoms with Crippen LogP contribution in [0.4, 0.5) is 0 Å². The number of nitrogens with two attached hydrogens (primary N) is 1. The van der Waals surface area contributed by atoms with E-state index in [-0.39, 0.29) is 5.78 Å². The molecule has 0 spiro atoms. The van der Waals surface area contributed by atoms with Crippen LogP contribution in [0.2, 0.25) is 0 Å². The van der Waals surface area contributed by atoms with Crippen LogP contribution in [0.3, 0.4) is 0 Å². The van der Waals surface area contributed by atoms with Crippen LogP contribution >= 0.6 is 0 Å². The third kappa shape index (κ3) is 1.82. The Morgan fingerprint density at radius 1 is 0.955 bits per heavy atom. The first-order valence-corrected chi connectivity index (χ1v) is 7.73. The molecule has 1 heterocycles. The Bertz CT molecular complexity index is 792. The molecule has 3 nitrogen and oxygen atoms in total. The maximum atomic E-state index is 12.9. The minimum absolute atomic E-state index is 0.149. The average molecular weight is 290 g/mol. The topological polar surface area (TPSA) is 46.3 Å². The van der Waals surface area contributed by atoms with Crippen molar-refractivity contribution in [1.29, 1.82) is 0 Å². The van der Waals surface area contributed by atoms with E-state index in [1.807, 2.05) is 30.3 Å². The molecule has 0 bridgehead atoms. The molecule has 1 aliphatic carbocycles. The van der Waals surface area contributed by atoms with Gasteiger partial charge in [0.2, 0.25) is 0 Å². The van der Waals surface area contributed by atoms with Gasteiger partial charge in [-0.15, -0.1) is 0 Å². The number of carbonyl (C=O) groups is 1. The van der Waals surface area contributed by atoms with Gasteiger partial charge in [-0.3, -0.25) is 4.79 Å². The molecule has 4 rings (SSSR count). The number of Topliss-reactive ketones (excluding diaryl/α,β-unsaturated/α-hetero) is 1. The Hall–Kier alpha value is -2.39. The molecule has 110 valence electrons. The minimum atomic E-state index is 0.149. The minimum Gasteiger partial charge on any atom is -0.366 e. The second-order valence-corrected chi connectivity index (χ2v) is 5.82. The van der Waals surface area contributed by atoms with Gasteiger partial charge in [0.1, 0.15) is 0 Å². The van der Waals surface area contributed by atoms with Crippen LogP contribution in [0.5, 0.6) is 0 Å². The molecule has 0 fully saturated rings. The van der Waals surface area contributed by atoms with E-state index in [9.17, 15) is 4.79 Å². The van der Waals surface area contributed by atoms with Gasteiger partial charge in [0, 0.05) is 24.2 Å². The SMILES string of the molecule is NCCCN1Cc2ccccc2C2=C1c1ccccc1C2=O. The molecule has 2 aromatic rings. The molecule has 2 aromatic carbocycles. The van der Waals surface area contributed by atoms with Gasteiger partial charge in [-0.2, -0.15) is 0 Å². The van der Waals surface area contributed by atoms with E-state index >= 15 is 0 Å². The van der Waals surface area contributed by atoms with Crippen LogP contribution in [-0.4, -0.2) is 23.8 Å². The van der Waals surface area contributed by atoms with Crippen molar-refractivity contribution in [3.63, 3.8) is 0 Å². The fraction of sp³-hybridized carbons (Fsp3) is 0.211. The lowest BCUT2D eigenvalue weighted by Gasteiger charge is -2.32. The van der Waals surface area contributed by atoms with E-state index in [2.05, 4.69) is 23.1 Å². The fourth-order valence-corrected chi connectivity index (χ4v) is 3.50. The van der Waals surface area contributed by atoms with Crippen molar-refractivity contribution in [2.24, 2.45) is 5.73 Å². The number of allylic oxidation sites excluding steroid dienone is 1. The number of carbonyl (C=O) groups excluding carboxylic acids is 1. The summed E-state index contributed by atoms with van der Waals surface area (Å²) in [5, 5.41) is 0. The van der Waals surface area contributed by atoms with Gasteiger partial charge >= 0.3 is 0 Å². The molecule has 0 saturated carbocycles. The van der Waals surface area contributed by atoms with Crippen molar-refractivity contribution in [3.05, 3.63) is 70.8 Å². The van der Waals surface area contributed by atoms with E-state index in [4.69, 9.17) is 5.73 Å². The first-order valence-electron chi connectivity index (χ1n) is 7.73. The summed E-state index contributed by atoms with van der Waals surface area (Å²) in [5.74, 6) is 0.149. The maximum Gasteiger partial charge on any atom is 0.196 e. The lowest BCUT2D eigenvalue weighted by atomic mass is 9.93. The maximum absolute atomic E-state index is 12.9. The quantitative estimate of drug-likeness (QED) is 0.945. The van der Waals surface area contributed by atoms with Crippen LogP contribution in [0.1, 0.15) is 33.5 Å². The molecule has 0 atom stereocenters. The molecule has 22 heavy (non-hydrogen) atoms. The molecule has 0 radical (unpaired) electrons. The van der Waals surface area contributed by atoms with Gasteiger partial charge < -0.3 is 10.6 Å². The summed E-state index contributed by atoms with van der Waals surface area (Å²) in [7, 11) is 0.